The number of likely N-dealkylation sites (N-methyl/N-ethyl adjacent to an activating group) is 1. The average molecular weight is 425 g/mol. The van der Waals surface area contributed by atoms with E-state index >= 15 is 0 Å². The van der Waals surface area contributed by atoms with Gasteiger partial charge < -0.3 is 9.64 Å². The third-order valence-electron chi connectivity index (χ3n) is 4.34. The maximum atomic E-state index is 12.0. The zero-order valence-corrected chi connectivity index (χ0v) is 17.5. The Morgan fingerprint density at radius 3 is 2.41 bits per heavy atom. The molecule has 0 heterocycles. The molecule has 3 aromatic carbocycles. The highest BCUT2D eigenvalue weighted by Crippen LogP contribution is 2.36. The van der Waals surface area contributed by atoms with Crippen LogP contribution in [0.4, 0.5) is 0 Å². The molecule has 0 unspecified atom stereocenters. The third kappa shape index (κ3) is 4.71. The van der Waals surface area contributed by atoms with Gasteiger partial charge in [-0.1, -0.05) is 65.7 Å². The molecule has 0 N–H and O–H groups in total. The molecule has 0 aliphatic carbocycles. The number of amides is 1. The summed E-state index contributed by atoms with van der Waals surface area (Å²) >= 11 is 12.7. The molecule has 0 bridgehead atoms. The van der Waals surface area contributed by atoms with Gasteiger partial charge in [-0.3, -0.25) is 4.79 Å². The summed E-state index contributed by atoms with van der Waals surface area (Å²) in [6.45, 7) is 0.304. The molecule has 4 nitrogen and oxygen atoms in total. The molecule has 146 valence electrons. The minimum absolute atomic E-state index is 0.00782. The lowest BCUT2D eigenvalue weighted by molar-refractivity contribution is -0.124. The Bertz CT molecular complexity index is 1120. The fourth-order valence-electron chi connectivity index (χ4n) is 2.92. The molecule has 0 saturated heterocycles. The molecule has 3 aromatic rings. The molecule has 1 amide bonds. The normalized spacial score (nSPS) is 11.2. The SMILES string of the molecule is CN(C)C(=O)/C(C#N)=C\c1cc(Cl)c(OCc2cccc3ccccc23)c(Cl)c1. The lowest BCUT2D eigenvalue weighted by Gasteiger charge is -2.13. The van der Waals surface area contributed by atoms with Crippen molar-refractivity contribution in [1.82, 2.24) is 4.90 Å². The third-order valence-corrected chi connectivity index (χ3v) is 4.90. The van der Waals surface area contributed by atoms with Crippen LogP contribution >= 0.6 is 23.2 Å². The highest BCUT2D eigenvalue weighted by atomic mass is 35.5. The summed E-state index contributed by atoms with van der Waals surface area (Å²) in [5, 5.41) is 12.1. The van der Waals surface area contributed by atoms with E-state index in [1.165, 1.54) is 11.0 Å². The van der Waals surface area contributed by atoms with E-state index in [2.05, 4.69) is 0 Å². The van der Waals surface area contributed by atoms with Crippen LogP contribution in [0.3, 0.4) is 0 Å². The number of rotatable bonds is 5. The summed E-state index contributed by atoms with van der Waals surface area (Å²) < 4.78 is 5.91. The van der Waals surface area contributed by atoms with Crippen LogP contribution in [0.5, 0.6) is 5.75 Å². The summed E-state index contributed by atoms with van der Waals surface area (Å²) in [5.41, 5.74) is 1.55. The number of hydrogen-bond donors (Lipinski definition) is 0. The van der Waals surface area contributed by atoms with E-state index < -0.39 is 5.91 Å². The number of ether oxygens (including phenoxy) is 1. The van der Waals surface area contributed by atoms with Crippen LogP contribution < -0.4 is 4.74 Å². The number of nitrogens with zero attached hydrogens (tertiary/aromatic N) is 2. The van der Waals surface area contributed by atoms with Crippen LogP contribution in [0.15, 0.2) is 60.2 Å². The van der Waals surface area contributed by atoms with Gasteiger partial charge in [-0.15, -0.1) is 0 Å². The second-order valence-corrected chi connectivity index (χ2v) is 7.42. The number of hydrogen-bond acceptors (Lipinski definition) is 3. The van der Waals surface area contributed by atoms with E-state index in [1.54, 1.807) is 26.2 Å². The van der Waals surface area contributed by atoms with Crippen LogP contribution in [-0.4, -0.2) is 24.9 Å². The molecule has 6 heteroatoms. The van der Waals surface area contributed by atoms with Crippen LogP contribution in [0, 0.1) is 11.3 Å². The Kier molecular flexibility index (Phi) is 6.43. The lowest BCUT2D eigenvalue weighted by atomic mass is 10.1. The molecule has 0 fully saturated rings. The first kappa shape index (κ1) is 20.7. The molecule has 0 saturated carbocycles. The van der Waals surface area contributed by atoms with Gasteiger partial charge in [0.25, 0.3) is 5.91 Å². The van der Waals surface area contributed by atoms with E-state index in [4.69, 9.17) is 27.9 Å². The number of nitriles is 1. The minimum Gasteiger partial charge on any atom is -0.486 e. The Balaban J connectivity index is 1.86. The average Bonchev–Trinajstić information content (AvgIpc) is 2.71. The van der Waals surface area contributed by atoms with E-state index in [0.29, 0.717) is 28.0 Å². The molecule has 0 spiro atoms. The van der Waals surface area contributed by atoms with Crippen LogP contribution in [-0.2, 0) is 11.4 Å². The zero-order chi connectivity index (χ0) is 21.0. The Hall–Kier alpha value is -3.00. The Labute approximate surface area is 179 Å². The molecule has 0 radical (unpaired) electrons. The summed E-state index contributed by atoms with van der Waals surface area (Å²) in [5.74, 6) is -0.0353. The summed E-state index contributed by atoms with van der Waals surface area (Å²) in [6, 6.07) is 19.2. The topological polar surface area (TPSA) is 53.3 Å². The maximum absolute atomic E-state index is 12.0. The summed E-state index contributed by atoms with van der Waals surface area (Å²) in [4.78, 5) is 13.4. The van der Waals surface area contributed by atoms with E-state index in [0.717, 1.165) is 16.3 Å². The number of fused-ring (bicyclic) bond motifs is 1. The van der Waals surface area contributed by atoms with Gasteiger partial charge in [0.05, 0.1) is 10.0 Å². The monoisotopic (exact) mass is 424 g/mol. The molecular weight excluding hydrogens is 407 g/mol. The first-order valence-electron chi connectivity index (χ1n) is 8.82. The van der Waals surface area contributed by atoms with Gasteiger partial charge in [0.1, 0.15) is 18.2 Å². The number of benzene rings is 3. The predicted molar refractivity (Wildman–Crippen MR) is 117 cm³/mol. The Morgan fingerprint density at radius 1 is 1.10 bits per heavy atom. The minimum atomic E-state index is -0.393. The first-order valence-corrected chi connectivity index (χ1v) is 9.58. The summed E-state index contributed by atoms with van der Waals surface area (Å²) in [7, 11) is 3.16. The molecule has 0 aromatic heterocycles. The fourth-order valence-corrected chi connectivity index (χ4v) is 3.53. The molecule has 0 aliphatic heterocycles. The zero-order valence-electron chi connectivity index (χ0n) is 15.9. The van der Waals surface area contributed by atoms with Gasteiger partial charge in [0.15, 0.2) is 5.75 Å². The van der Waals surface area contributed by atoms with Crippen molar-refractivity contribution in [3.05, 3.63) is 81.3 Å². The second-order valence-electron chi connectivity index (χ2n) is 6.61. The van der Waals surface area contributed by atoms with Crippen LogP contribution in [0.2, 0.25) is 10.0 Å². The van der Waals surface area contributed by atoms with Crippen molar-refractivity contribution in [3.63, 3.8) is 0 Å². The van der Waals surface area contributed by atoms with Crippen molar-refractivity contribution in [1.29, 1.82) is 5.26 Å². The van der Waals surface area contributed by atoms with Crippen LogP contribution in [0.1, 0.15) is 11.1 Å². The molecular formula is C23H18Cl2N2O2. The number of halogens is 2. The fraction of sp³-hybridized carbons (Fsp3) is 0.130. The lowest BCUT2D eigenvalue weighted by Crippen LogP contribution is -2.22. The van der Waals surface area contributed by atoms with Crippen molar-refractivity contribution < 1.29 is 9.53 Å². The summed E-state index contributed by atoms with van der Waals surface area (Å²) in [6.07, 6.45) is 1.45. The molecule has 3 rings (SSSR count). The number of carbonyl (C=O) groups excluding carboxylic acids is 1. The molecule has 0 atom stereocenters. The largest absolute Gasteiger partial charge is 0.486 e. The second kappa shape index (κ2) is 9.00. The standard InChI is InChI=1S/C23H18Cl2N2O2/c1-27(2)23(28)18(13-26)10-15-11-20(24)22(21(25)12-15)29-14-17-8-5-7-16-6-3-4-9-19(16)17/h3-12H,14H2,1-2H3/b18-10-. The van der Waals surface area contributed by atoms with Crippen molar-refractivity contribution >= 4 is 46.0 Å². The highest BCUT2D eigenvalue weighted by molar-refractivity contribution is 6.37. The first-order chi connectivity index (χ1) is 13.9. The van der Waals surface area contributed by atoms with Gasteiger partial charge >= 0.3 is 0 Å². The van der Waals surface area contributed by atoms with Crippen molar-refractivity contribution in [2.45, 2.75) is 6.61 Å². The molecule has 29 heavy (non-hydrogen) atoms. The van der Waals surface area contributed by atoms with E-state index in [9.17, 15) is 10.1 Å². The highest BCUT2D eigenvalue weighted by Gasteiger charge is 2.14. The van der Waals surface area contributed by atoms with E-state index in [1.807, 2.05) is 48.5 Å². The van der Waals surface area contributed by atoms with Crippen molar-refractivity contribution in [2.75, 3.05) is 14.1 Å². The smallest absolute Gasteiger partial charge is 0.264 e. The molecule has 0 aliphatic rings. The van der Waals surface area contributed by atoms with Gasteiger partial charge in [0.2, 0.25) is 0 Å². The predicted octanol–water partition coefficient (Wildman–Crippen LogP) is 5.72. The van der Waals surface area contributed by atoms with Gasteiger partial charge in [0, 0.05) is 14.1 Å². The Morgan fingerprint density at radius 2 is 1.76 bits per heavy atom. The van der Waals surface area contributed by atoms with Crippen LogP contribution in [0.25, 0.3) is 16.8 Å². The quantitative estimate of drug-likeness (QED) is 0.388. The van der Waals surface area contributed by atoms with Crippen molar-refractivity contribution in [3.8, 4) is 11.8 Å². The van der Waals surface area contributed by atoms with Gasteiger partial charge in [-0.05, 0) is 40.1 Å². The number of carbonyl (C=O) groups is 1. The van der Waals surface area contributed by atoms with E-state index in [-0.39, 0.29) is 5.57 Å². The van der Waals surface area contributed by atoms with Crippen molar-refractivity contribution in [2.24, 2.45) is 0 Å². The van der Waals surface area contributed by atoms with Gasteiger partial charge in [-0.25, -0.2) is 0 Å². The maximum Gasteiger partial charge on any atom is 0.264 e. The van der Waals surface area contributed by atoms with Gasteiger partial charge in [-0.2, -0.15) is 5.26 Å².